The molecule has 5 nitrogen and oxygen atoms in total. The third-order valence-corrected chi connectivity index (χ3v) is 5.04. The zero-order chi connectivity index (χ0) is 19.2. The molecule has 1 unspecified atom stereocenters. The normalized spacial score (nSPS) is 13.9. The van der Waals surface area contributed by atoms with Crippen LogP contribution in [-0.4, -0.2) is 55.5 Å². The summed E-state index contributed by atoms with van der Waals surface area (Å²) in [5.74, 6) is 0.0804. The van der Waals surface area contributed by atoms with Crippen LogP contribution in [0.5, 0.6) is 0 Å². The monoisotopic (exact) mass is 368 g/mol. The van der Waals surface area contributed by atoms with Crippen molar-refractivity contribution in [1.82, 2.24) is 10.2 Å². The number of amides is 1. The molecular weight excluding hydrogens is 340 g/mol. The molecule has 0 heterocycles. The van der Waals surface area contributed by atoms with Gasteiger partial charge < -0.3 is 20.1 Å². The first-order valence-electron chi connectivity index (χ1n) is 9.51. The molecular formula is C22H28N2O3. The summed E-state index contributed by atoms with van der Waals surface area (Å²) in [6, 6.07) is 16.6. The number of benzene rings is 2. The SMILES string of the molecule is CC(O)CCN(C)CCNC(=O)OCC1c2ccccc2-c2ccccc21. The Hall–Kier alpha value is -2.37. The number of likely N-dealkylation sites (N-methyl/N-ethyl adjacent to an activating group) is 1. The first-order chi connectivity index (χ1) is 13.1. The van der Waals surface area contributed by atoms with Gasteiger partial charge >= 0.3 is 6.09 Å². The molecule has 0 bridgehead atoms. The molecule has 0 fully saturated rings. The summed E-state index contributed by atoms with van der Waals surface area (Å²) in [5, 5.41) is 12.1. The number of rotatable bonds is 8. The molecule has 5 heteroatoms. The van der Waals surface area contributed by atoms with Crippen LogP contribution >= 0.6 is 0 Å². The largest absolute Gasteiger partial charge is 0.449 e. The Morgan fingerprint density at radius 1 is 1.11 bits per heavy atom. The van der Waals surface area contributed by atoms with Crippen molar-refractivity contribution >= 4 is 6.09 Å². The average Bonchev–Trinajstić information content (AvgIpc) is 2.99. The van der Waals surface area contributed by atoms with Crippen molar-refractivity contribution in [2.24, 2.45) is 0 Å². The fraction of sp³-hybridized carbons (Fsp3) is 0.409. The van der Waals surface area contributed by atoms with Gasteiger partial charge in [-0.3, -0.25) is 0 Å². The van der Waals surface area contributed by atoms with Gasteiger partial charge in [0.05, 0.1) is 6.10 Å². The van der Waals surface area contributed by atoms with E-state index < -0.39 is 0 Å². The number of fused-ring (bicyclic) bond motifs is 3. The van der Waals surface area contributed by atoms with Crippen LogP contribution in [-0.2, 0) is 4.74 Å². The van der Waals surface area contributed by atoms with Crippen molar-refractivity contribution in [1.29, 1.82) is 0 Å². The highest BCUT2D eigenvalue weighted by Gasteiger charge is 2.28. The highest BCUT2D eigenvalue weighted by Crippen LogP contribution is 2.44. The van der Waals surface area contributed by atoms with Gasteiger partial charge in [0.2, 0.25) is 0 Å². The van der Waals surface area contributed by atoms with Crippen molar-refractivity contribution in [3.63, 3.8) is 0 Å². The van der Waals surface area contributed by atoms with Gasteiger partial charge in [0.15, 0.2) is 0 Å². The molecule has 144 valence electrons. The number of alkyl carbamates (subject to hydrolysis) is 1. The molecule has 0 saturated heterocycles. The lowest BCUT2D eigenvalue weighted by Crippen LogP contribution is -2.34. The molecule has 2 aromatic rings. The van der Waals surface area contributed by atoms with Crippen molar-refractivity contribution in [3.05, 3.63) is 59.7 Å². The minimum absolute atomic E-state index is 0.0804. The van der Waals surface area contributed by atoms with Crippen molar-refractivity contribution in [3.8, 4) is 11.1 Å². The van der Waals surface area contributed by atoms with Crippen LogP contribution in [0.4, 0.5) is 4.79 Å². The zero-order valence-electron chi connectivity index (χ0n) is 16.0. The molecule has 1 aliphatic carbocycles. The number of aliphatic hydroxyl groups is 1. The molecule has 0 aromatic heterocycles. The fourth-order valence-electron chi connectivity index (χ4n) is 3.52. The van der Waals surface area contributed by atoms with Gasteiger partial charge in [-0.25, -0.2) is 4.79 Å². The van der Waals surface area contributed by atoms with E-state index in [1.807, 2.05) is 31.3 Å². The maximum Gasteiger partial charge on any atom is 0.407 e. The second-order valence-corrected chi connectivity index (χ2v) is 7.19. The third kappa shape index (κ3) is 4.87. The predicted octanol–water partition coefficient (Wildman–Crippen LogP) is 3.23. The number of carbonyl (C=O) groups excluding carboxylic acids is 1. The van der Waals surface area contributed by atoms with Gasteiger partial charge in [0, 0.05) is 25.6 Å². The highest BCUT2D eigenvalue weighted by atomic mass is 16.5. The first-order valence-corrected chi connectivity index (χ1v) is 9.51. The summed E-state index contributed by atoms with van der Waals surface area (Å²) in [6.45, 7) is 4.15. The lowest BCUT2D eigenvalue weighted by Gasteiger charge is -2.18. The van der Waals surface area contributed by atoms with Gasteiger partial charge in [-0.2, -0.15) is 0 Å². The second-order valence-electron chi connectivity index (χ2n) is 7.19. The number of nitrogens with zero attached hydrogens (tertiary/aromatic N) is 1. The maximum atomic E-state index is 12.1. The van der Waals surface area contributed by atoms with Crippen LogP contribution in [0.2, 0.25) is 0 Å². The molecule has 1 amide bonds. The summed E-state index contributed by atoms with van der Waals surface area (Å²) >= 11 is 0. The number of nitrogens with one attached hydrogen (secondary N) is 1. The van der Waals surface area contributed by atoms with Gasteiger partial charge in [-0.05, 0) is 42.6 Å². The van der Waals surface area contributed by atoms with Crippen LogP contribution in [0.3, 0.4) is 0 Å². The van der Waals surface area contributed by atoms with Crippen LogP contribution in [0.15, 0.2) is 48.5 Å². The van der Waals surface area contributed by atoms with E-state index >= 15 is 0 Å². The van der Waals surface area contributed by atoms with E-state index in [1.54, 1.807) is 6.92 Å². The second kappa shape index (κ2) is 9.02. The summed E-state index contributed by atoms with van der Waals surface area (Å²) < 4.78 is 5.51. The molecule has 2 N–H and O–H groups in total. The molecule has 0 radical (unpaired) electrons. The van der Waals surface area contributed by atoms with E-state index in [0.29, 0.717) is 13.2 Å². The number of hydrogen-bond donors (Lipinski definition) is 2. The average molecular weight is 368 g/mol. The van der Waals surface area contributed by atoms with Crippen molar-refractivity contribution in [2.45, 2.75) is 25.4 Å². The van der Waals surface area contributed by atoms with Crippen molar-refractivity contribution < 1.29 is 14.6 Å². The molecule has 27 heavy (non-hydrogen) atoms. The lowest BCUT2D eigenvalue weighted by atomic mass is 9.98. The molecule has 1 aliphatic rings. The molecule has 0 aliphatic heterocycles. The number of carbonyl (C=O) groups is 1. The molecule has 0 spiro atoms. The van der Waals surface area contributed by atoms with Crippen LogP contribution in [0, 0.1) is 0 Å². The van der Waals surface area contributed by atoms with E-state index in [-0.39, 0.29) is 18.1 Å². The Kier molecular flexibility index (Phi) is 6.48. The fourth-order valence-corrected chi connectivity index (χ4v) is 3.52. The Balaban J connectivity index is 1.49. The van der Waals surface area contributed by atoms with Gasteiger partial charge in [-0.1, -0.05) is 48.5 Å². The predicted molar refractivity (Wildman–Crippen MR) is 107 cm³/mol. The van der Waals surface area contributed by atoms with E-state index in [4.69, 9.17) is 4.74 Å². The highest BCUT2D eigenvalue weighted by molar-refractivity contribution is 5.79. The number of hydrogen-bond acceptors (Lipinski definition) is 4. The van der Waals surface area contributed by atoms with Gasteiger partial charge in [0.1, 0.15) is 6.61 Å². The number of aliphatic hydroxyl groups excluding tert-OH is 1. The first kappa shape index (κ1) is 19.4. The summed E-state index contributed by atoms with van der Waals surface area (Å²) in [7, 11) is 1.97. The van der Waals surface area contributed by atoms with Crippen molar-refractivity contribution in [2.75, 3.05) is 33.3 Å². The minimum atomic E-state index is -0.388. The minimum Gasteiger partial charge on any atom is -0.449 e. The molecule has 0 saturated carbocycles. The van der Waals surface area contributed by atoms with Crippen LogP contribution in [0.25, 0.3) is 11.1 Å². The van der Waals surface area contributed by atoms with Gasteiger partial charge in [0.25, 0.3) is 0 Å². The van der Waals surface area contributed by atoms with Crippen LogP contribution in [0.1, 0.15) is 30.4 Å². The van der Waals surface area contributed by atoms with E-state index in [2.05, 4.69) is 34.5 Å². The standard InChI is InChI=1S/C22H28N2O3/c1-16(25)11-13-24(2)14-12-23-22(26)27-15-21-19-9-5-3-7-17(19)18-8-4-6-10-20(18)21/h3-10,16,21,25H,11-15H2,1-2H3,(H,23,26). The topological polar surface area (TPSA) is 61.8 Å². The van der Waals surface area contributed by atoms with E-state index in [9.17, 15) is 9.90 Å². The Morgan fingerprint density at radius 2 is 1.70 bits per heavy atom. The van der Waals surface area contributed by atoms with Gasteiger partial charge in [-0.15, -0.1) is 0 Å². The summed E-state index contributed by atoms with van der Waals surface area (Å²) in [5.41, 5.74) is 4.87. The number of ether oxygens (including phenoxy) is 1. The van der Waals surface area contributed by atoms with Crippen LogP contribution < -0.4 is 5.32 Å². The Bertz CT molecular complexity index is 730. The summed E-state index contributed by atoms with van der Waals surface area (Å²) in [4.78, 5) is 14.2. The quantitative estimate of drug-likeness (QED) is 0.751. The smallest absolute Gasteiger partial charge is 0.407 e. The molecule has 2 aromatic carbocycles. The summed E-state index contributed by atoms with van der Waals surface area (Å²) in [6.07, 6.45) is 0.0323. The Morgan fingerprint density at radius 3 is 2.30 bits per heavy atom. The molecule has 3 rings (SSSR count). The van der Waals surface area contributed by atoms with E-state index in [1.165, 1.54) is 22.3 Å². The zero-order valence-corrected chi connectivity index (χ0v) is 16.0. The lowest BCUT2D eigenvalue weighted by molar-refractivity contribution is 0.140. The third-order valence-electron chi connectivity index (χ3n) is 5.04. The molecule has 1 atom stereocenters. The maximum absolute atomic E-state index is 12.1. The Labute approximate surface area is 161 Å². The van der Waals surface area contributed by atoms with E-state index in [0.717, 1.165) is 19.5 Å².